The highest BCUT2D eigenvalue weighted by Gasteiger charge is 2.14. The Balaban J connectivity index is 1.88. The van der Waals surface area contributed by atoms with Crippen LogP contribution in [0.2, 0.25) is 0 Å². The summed E-state index contributed by atoms with van der Waals surface area (Å²) in [4.78, 5) is 12.1. The van der Waals surface area contributed by atoms with Crippen LogP contribution in [0, 0.1) is 0 Å². The Bertz CT molecular complexity index is 564. The largest absolute Gasteiger partial charge is 0.352 e. The van der Waals surface area contributed by atoms with Crippen molar-refractivity contribution in [2.45, 2.75) is 32.7 Å². The summed E-state index contributed by atoms with van der Waals surface area (Å²) in [6, 6.07) is 12.0. The maximum atomic E-state index is 12.1. The first-order valence-electron chi connectivity index (χ1n) is 6.97. The molecule has 2 aromatic rings. The van der Waals surface area contributed by atoms with Gasteiger partial charge in [-0.15, -0.1) is 0 Å². The van der Waals surface area contributed by atoms with E-state index in [1.165, 1.54) is 5.56 Å². The van der Waals surface area contributed by atoms with Gasteiger partial charge in [0.2, 0.25) is 0 Å². The van der Waals surface area contributed by atoms with E-state index in [2.05, 4.69) is 42.8 Å². The van der Waals surface area contributed by atoms with Gasteiger partial charge in [0, 0.05) is 24.5 Å². The van der Waals surface area contributed by atoms with Crippen molar-refractivity contribution in [3.05, 3.63) is 59.9 Å². The smallest absolute Gasteiger partial charge is 0.252 e. The van der Waals surface area contributed by atoms with Crippen LogP contribution in [0.25, 0.3) is 0 Å². The summed E-state index contributed by atoms with van der Waals surface area (Å²) in [7, 11) is 0. The predicted molar refractivity (Wildman–Crippen MR) is 81.9 cm³/mol. The molecule has 0 saturated heterocycles. The fraction of sp³-hybridized carbons (Fsp3) is 0.353. The first kappa shape index (κ1) is 14.4. The van der Waals surface area contributed by atoms with E-state index in [9.17, 15) is 4.79 Å². The summed E-state index contributed by atoms with van der Waals surface area (Å²) in [5, 5.41) is 2.96. The Morgan fingerprint density at radius 1 is 1.15 bits per heavy atom. The minimum atomic E-state index is -0.0102. The van der Waals surface area contributed by atoms with Crippen LogP contribution in [0.15, 0.2) is 48.8 Å². The first-order chi connectivity index (χ1) is 9.47. The Morgan fingerprint density at radius 2 is 1.85 bits per heavy atom. The van der Waals surface area contributed by atoms with Crippen LogP contribution >= 0.6 is 0 Å². The molecule has 106 valence electrons. The van der Waals surface area contributed by atoms with E-state index >= 15 is 0 Å². The lowest BCUT2D eigenvalue weighted by atomic mass is 10.1. The van der Waals surface area contributed by atoms with Crippen LogP contribution < -0.4 is 5.32 Å². The van der Waals surface area contributed by atoms with Gasteiger partial charge in [-0.2, -0.15) is 0 Å². The maximum Gasteiger partial charge on any atom is 0.252 e. The number of aromatic nitrogens is 1. The van der Waals surface area contributed by atoms with Gasteiger partial charge in [0.15, 0.2) is 0 Å². The van der Waals surface area contributed by atoms with Gasteiger partial charge in [-0.1, -0.05) is 30.3 Å². The maximum absolute atomic E-state index is 12.1. The Labute approximate surface area is 120 Å². The number of hydrogen-bond acceptors (Lipinski definition) is 1. The number of amides is 1. The molecule has 0 aliphatic carbocycles. The Hall–Kier alpha value is -2.03. The van der Waals surface area contributed by atoms with Crippen LogP contribution in [0.5, 0.6) is 0 Å². The van der Waals surface area contributed by atoms with E-state index in [1.807, 2.05) is 36.7 Å². The molecule has 1 amide bonds. The molecule has 3 nitrogen and oxygen atoms in total. The molecule has 3 heteroatoms. The molecule has 1 heterocycles. The molecule has 0 unspecified atom stereocenters. The van der Waals surface area contributed by atoms with E-state index in [4.69, 9.17) is 0 Å². The van der Waals surface area contributed by atoms with Crippen LogP contribution in [0.4, 0.5) is 0 Å². The number of benzene rings is 1. The fourth-order valence-corrected chi connectivity index (χ4v) is 2.02. The molecule has 0 aliphatic rings. The quantitative estimate of drug-likeness (QED) is 0.909. The molecule has 1 aromatic heterocycles. The van der Waals surface area contributed by atoms with Crippen molar-refractivity contribution in [2.75, 3.05) is 6.54 Å². The van der Waals surface area contributed by atoms with Gasteiger partial charge in [-0.05, 0) is 38.8 Å². The second kappa shape index (κ2) is 5.95. The third-order valence-corrected chi connectivity index (χ3v) is 3.27. The highest BCUT2D eigenvalue weighted by molar-refractivity contribution is 5.94. The molecule has 0 spiro atoms. The zero-order valence-corrected chi connectivity index (χ0v) is 12.4. The van der Waals surface area contributed by atoms with Gasteiger partial charge >= 0.3 is 0 Å². The van der Waals surface area contributed by atoms with E-state index in [0.717, 1.165) is 6.42 Å². The predicted octanol–water partition coefficient (Wildman–Crippen LogP) is 3.22. The molecule has 0 bridgehead atoms. The number of nitrogens with zero attached hydrogens (tertiary/aromatic N) is 1. The second-order valence-electron chi connectivity index (χ2n) is 5.97. The Morgan fingerprint density at radius 3 is 2.45 bits per heavy atom. The number of nitrogens with one attached hydrogen (secondary N) is 1. The minimum Gasteiger partial charge on any atom is -0.352 e. The summed E-state index contributed by atoms with van der Waals surface area (Å²) in [6.45, 7) is 7.00. The van der Waals surface area contributed by atoms with E-state index in [1.54, 1.807) is 0 Å². The van der Waals surface area contributed by atoms with Crippen LogP contribution in [0.1, 0.15) is 36.7 Å². The molecule has 2 rings (SSSR count). The molecular weight excluding hydrogens is 248 g/mol. The molecular formula is C17H22N2O. The lowest BCUT2D eigenvalue weighted by Gasteiger charge is -2.20. The number of carbonyl (C=O) groups excluding carboxylic acids is 1. The topological polar surface area (TPSA) is 34.0 Å². The molecule has 0 fully saturated rings. The highest BCUT2D eigenvalue weighted by atomic mass is 16.1. The zero-order valence-electron chi connectivity index (χ0n) is 12.4. The van der Waals surface area contributed by atoms with E-state index < -0.39 is 0 Å². The summed E-state index contributed by atoms with van der Waals surface area (Å²) in [5.74, 6) is -0.0102. The average molecular weight is 270 g/mol. The summed E-state index contributed by atoms with van der Waals surface area (Å²) >= 11 is 0. The minimum absolute atomic E-state index is 0.00255. The van der Waals surface area contributed by atoms with Crippen molar-refractivity contribution in [1.82, 2.24) is 9.88 Å². The van der Waals surface area contributed by atoms with Gasteiger partial charge in [0.05, 0.1) is 5.56 Å². The summed E-state index contributed by atoms with van der Waals surface area (Å²) < 4.78 is 2.05. The fourth-order valence-electron chi connectivity index (χ4n) is 2.02. The molecule has 0 atom stereocenters. The van der Waals surface area contributed by atoms with Crippen molar-refractivity contribution >= 4 is 5.91 Å². The molecule has 20 heavy (non-hydrogen) atoms. The van der Waals surface area contributed by atoms with Gasteiger partial charge in [0.25, 0.3) is 5.91 Å². The zero-order chi connectivity index (χ0) is 14.6. The van der Waals surface area contributed by atoms with Gasteiger partial charge in [0.1, 0.15) is 0 Å². The average Bonchev–Trinajstić information content (AvgIpc) is 2.89. The molecule has 0 saturated carbocycles. The van der Waals surface area contributed by atoms with Crippen molar-refractivity contribution in [2.24, 2.45) is 0 Å². The van der Waals surface area contributed by atoms with Crippen LogP contribution in [-0.2, 0) is 12.0 Å². The van der Waals surface area contributed by atoms with Gasteiger partial charge in [-0.3, -0.25) is 4.79 Å². The summed E-state index contributed by atoms with van der Waals surface area (Å²) in [5.41, 5.74) is 1.95. The van der Waals surface area contributed by atoms with Crippen molar-refractivity contribution in [3.63, 3.8) is 0 Å². The molecule has 0 radical (unpaired) electrons. The number of rotatable bonds is 4. The van der Waals surface area contributed by atoms with E-state index in [0.29, 0.717) is 12.1 Å². The molecule has 0 aliphatic heterocycles. The lowest BCUT2D eigenvalue weighted by Crippen LogP contribution is -2.26. The summed E-state index contributed by atoms with van der Waals surface area (Å²) in [6.07, 6.45) is 4.70. The second-order valence-corrected chi connectivity index (χ2v) is 5.97. The third kappa shape index (κ3) is 3.73. The number of carbonyl (C=O) groups is 1. The third-order valence-electron chi connectivity index (χ3n) is 3.27. The highest BCUT2D eigenvalue weighted by Crippen LogP contribution is 2.15. The van der Waals surface area contributed by atoms with Crippen molar-refractivity contribution < 1.29 is 4.79 Å². The lowest BCUT2D eigenvalue weighted by molar-refractivity contribution is 0.0954. The van der Waals surface area contributed by atoms with Crippen molar-refractivity contribution in [3.8, 4) is 0 Å². The first-order valence-corrected chi connectivity index (χ1v) is 6.97. The monoisotopic (exact) mass is 270 g/mol. The van der Waals surface area contributed by atoms with Gasteiger partial charge < -0.3 is 9.88 Å². The van der Waals surface area contributed by atoms with Crippen molar-refractivity contribution in [1.29, 1.82) is 0 Å². The normalized spacial score (nSPS) is 11.3. The van der Waals surface area contributed by atoms with E-state index in [-0.39, 0.29) is 11.4 Å². The van der Waals surface area contributed by atoms with Gasteiger partial charge in [-0.25, -0.2) is 0 Å². The molecule has 1 N–H and O–H groups in total. The number of hydrogen-bond donors (Lipinski definition) is 1. The molecule has 1 aromatic carbocycles. The Kier molecular flexibility index (Phi) is 4.28. The van der Waals surface area contributed by atoms with Crippen LogP contribution in [-0.4, -0.2) is 17.0 Å². The van der Waals surface area contributed by atoms with Crippen LogP contribution in [0.3, 0.4) is 0 Å². The standard InChI is InChI=1S/C17H22N2O/c1-17(2,3)19-12-10-15(13-19)16(20)18-11-9-14-7-5-4-6-8-14/h4-8,10,12-13H,9,11H2,1-3H3,(H,18,20). The SMILES string of the molecule is CC(C)(C)n1ccc(C(=O)NCCc2ccccc2)c1.